The maximum Gasteiger partial charge on any atom is 0.319 e. The summed E-state index contributed by atoms with van der Waals surface area (Å²) in [5, 5.41) is 8.32. The van der Waals surface area contributed by atoms with Crippen LogP contribution in [0.15, 0.2) is 24.3 Å². The van der Waals surface area contributed by atoms with Gasteiger partial charge in [-0.05, 0) is 25.3 Å². The molecule has 1 fully saturated rings. The van der Waals surface area contributed by atoms with Crippen molar-refractivity contribution in [3.63, 3.8) is 0 Å². The zero-order valence-corrected chi connectivity index (χ0v) is 14.6. The fraction of sp³-hybridized carbons (Fsp3) is 0.529. The van der Waals surface area contributed by atoms with Crippen LogP contribution in [0.4, 0.5) is 0 Å². The van der Waals surface area contributed by atoms with Gasteiger partial charge in [-0.1, -0.05) is 29.8 Å². The molecule has 1 saturated heterocycles. The first kappa shape index (κ1) is 18.6. The Labute approximate surface area is 144 Å². The summed E-state index contributed by atoms with van der Waals surface area (Å²) in [6.45, 7) is 3.85. The van der Waals surface area contributed by atoms with Crippen molar-refractivity contribution >= 4 is 22.7 Å². The molecule has 1 amide bonds. The van der Waals surface area contributed by atoms with Gasteiger partial charge in [0.05, 0.1) is 13.2 Å². The number of carbonyl (C=O) groups excluding carboxylic acids is 1. The van der Waals surface area contributed by atoms with Crippen molar-refractivity contribution in [1.29, 1.82) is 0 Å². The van der Waals surface area contributed by atoms with Crippen molar-refractivity contribution < 1.29 is 23.6 Å². The second-order valence-electron chi connectivity index (χ2n) is 5.87. The zero-order chi connectivity index (χ0) is 17.5. The van der Waals surface area contributed by atoms with Gasteiger partial charge in [-0.25, -0.2) is 0 Å². The fourth-order valence-corrected chi connectivity index (χ4v) is 3.78. The van der Waals surface area contributed by atoms with Crippen molar-refractivity contribution in [2.45, 2.75) is 25.0 Å². The lowest BCUT2D eigenvalue weighted by molar-refractivity contribution is -0.136. The molecule has 24 heavy (non-hydrogen) atoms. The van der Waals surface area contributed by atoms with E-state index in [-0.39, 0.29) is 18.1 Å². The number of rotatable bonds is 7. The molecular formula is C17H23NO5S. The van der Waals surface area contributed by atoms with E-state index in [2.05, 4.69) is 0 Å². The van der Waals surface area contributed by atoms with Gasteiger partial charge in [-0.3, -0.25) is 13.8 Å². The van der Waals surface area contributed by atoms with Gasteiger partial charge in [0.25, 0.3) is 0 Å². The second kappa shape index (κ2) is 8.94. The lowest BCUT2D eigenvalue weighted by Crippen LogP contribution is -2.44. The number of carboxylic acid groups (broad SMARTS) is 1. The van der Waals surface area contributed by atoms with Gasteiger partial charge in [0.1, 0.15) is 11.0 Å². The summed E-state index contributed by atoms with van der Waals surface area (Å²) in [6, 6.07) is 7.81. The van der Waals surface area contributed by atoms with Gasteiger partial charge < -0.3 is 14.7 Å². The van der Waals surface area contributed by atoms with Crippen molar-refractivity contribution in [2.75, 3.05) is 32.1 Å². The third-order valence-corrected chi connectivity index (χ3v) is 5.64. The number of benzene rings is 1. The van der Waals surface area contributed by atoms with Gasteiger partial charge >= 0.3 is 5.97 Å². The normalized spacial score (nSPS) is 17.3. The zero-order valence-electron chi connectivity index (χ0n) is 13.8. The Morgan fingerprint density at radius 3 is 2.46 bits per heavy atom. The third-order valence-electron chi connectivity index (χ3n) is 4.04. The predicted molar refractivity (Wildman–Crippen MR) is 91.3 cm³/mol. The molecule has 2 atom stereocenters. The molecule has 132 valence electrons. The summed E-state index contributed by atoms with van der Waals surface area (Å²) in [6.07, 6.45) is 0.774. The Morgan fingerprint density at radius 2 is 1.88 bits per heavy atom. The molecule has 2 unspecified atom stereocenters. The van der Waals surface area contributed by atoms with E-state index >= 15 is 0 Å². The first-order valence-corrected chi connectivity index (χ1v) is 9.36. The van der Waals surface area contributed by atoms with Crippen LogP contribution in [-0.4, -0.2) is 63.4 Å². The summed E-state index contributed by atoms with van der Waals surface area (Å²) in [7, 11) is -1.73. The van der Waals surface area contributed by atoms with Gasteiger partial charge in [0, 0.05) is 23.9 Å². The molecule has 1 N–H and O–H groups in total. The summed E-state index contributed by atoms with van der Waals surface area (Å²) < 4.78 is 17.5. The molecule has 0 saturated carbocycles. The minimum Gasteiger partial charge on any atom is -0.480 e. The highest BCUT2D eigenvalue weighted by atomic mass is 32.2. The largest absolute Gasteiger partial charge is 0.480 e. The van der Waals surface area contributed by atoms with Crippen LogP contribution in [0.25, 0.3) is 0 Å². The average molecular weight is 353 g/mol. The molecule has 1 aliphatic rings. The number of hydrogen-bond acceptors (Lipinski definition) is 4. The van der Waals surface area contributed by atoms with Crippen LogP contribution >= 0.6 is 0 Å². The molecule has 1 aromatic carbocycles. The van der Waals surface area contributed by atoms with Gasteiger partial charge in [0.2, 0.25) is 5.91 Å². The summed E-state index contributed by atoms with van der Waals surface area (Å²) in [5.41, 5.74) is 2.14. The van der Waals surface area contributed by atoms with Crippen molar-refractivity contribution in [2.24, 2.45) is 0 Å². The molecular weight excluding hydrogens is 330 g/mol. The minimum absolute atomic E-state index is 0.245. The first-order chi connectivity index (χ1) is 11.5. The molecule has 1 aromatic rings. The molecule has 6 nitrogen and oxygen atoms in total. The van der Waals surface area contributed by atoms with Crippen LogP contribution < -0.4 is 0 Å². The molecule has 1 aliphatic heterocycles. The molecule has 0 radical (unpaired) electrons. The number of carbonyl (C=O) groups is 2. The van der Waals surface area contributed by atoms with Crippen LogP contribution in [0.2, 0.25) is 0 Å². The number of amides is 1. The third kappa shape index (κ3) is 5.42. The Kier molecular flexibility index (Phi) is 6.93. The van der Waals surface area contributed by atoms with Crippen molar-refractivity contribution in [3.8, 4) is 0 Å². The number of carboxylic acids is 1. The highest BCUT2D eigenvalue weighted by Gasteiger charge is 2.28. The number of morpholine rings is 1. The van der Waals surface area contributed by atoms with Crippen LogP contribution in [0.3, 0.4) is 0 Å². The maximum atomic E-state index is 12.4. The molecule has 0 aliphatic carbocycles. The van der Waals surface area contributed by atoms with Crippen molar-refractivity contribution in [3.05, 3.63) is 35.4 Å². The standard InChI is InChI=1S/C17H23NO5S/c1-13-2-4-14(5-3-13)6-7-15(17(20)21)24(22)12-16(19)18-8-10-23-11-9-18/h2-5,15H,6-12H2,1H3,(H,20,21). The fourth-order valence-electron chi connectivity index (χ4n) is 2.55. The molecule has 0 aromatic heterocycles. The smallest absolute Gasteiger partial charge is 0.319 e. The number of hydrogen-bond donors (Lipinski definition) is 1. The molecule has 0 bridgehead atoms. The Hall–Kier alpha value is -1.73. The van der Waals surface area contributed by atoms with Gasteiger partial charge in [-0.15, -0.1) is 0 Å². The van der Waals surface area contributed by atoms with Crippen LogP contribution in [0, 0.1) is 6.92 Å². The lowest BCUT2D eigenvalue weighted by atomic mass is 10.1. The Morgan fingerprint density at radius 1 is 1.25 bits per heavy atom. The second-order valence-corrected chi connectivity index (χ2v) is 7.49. The molecule has 7 heteroatoms. The van der Waals surface area contributed by atoms with E-state index in [0.29, 0.717) is 32.7 Å². The topological polar surface area (TPSA) is 83.9 Å². The summed E-state index contributed by atoms with van der Waals surface area (Å²) >= 11 is 0. The highest BCUT2D eigenvalue weighted by Crippen LogP contribution is 2.12. The minimum atomic E-state index is -1.73. The molecule has 0 spiro atoms. The SMILES string of the molecule is Cc1ccc(CCC(C(=O)O)S(=O)CC(=O)N2CCOCC2)cc1. The van der Waals surface area contributed by atoms with Gasteiger partial charge in [0.15, 0.2) is 0 Å². The number of aryl methyl sites for hydroxylation is 2. The summed E-state index contributed by atoms with van der Waals surface area (Å²) in [5.74, 6) is -1.63. The van der Waals surface area contributed by atoms with E-state index in [4.69, 9.17) is 4.74 Å². The summed E-state index contributed by atoms with van der Waals surface area (Å²) in [4.78, 5) is 25.2. The first-order valence-electron chi connectivity index (χ1n) is 7.98. The van der Waals surface area contributed by atoms with Crippen molar-refractivity contribution in [1.82, 2.24) is 4.90 Å². The van der Waals surface area contributed by atoms with E-state index in [9.17, 15) is 18.9 Å². The van der Waals surface area contributed by atoms with E-state index in [0.717, 1.165) is 11.1 Å². The Bertz CT molecular complexity index is 596. The van der Waals surface area contributed by atoms with E-state index < -0.39 is 22.0 Å². The number of nitrogens with zero attached hydrogens (tertiary/aromatic N) is 1. The number of aliphatic carboxylic acids is 1. The molecule has 1 heterocycles. The van der Waals surface area contributed by atoms with Crippen LogP contribution in [0.5, 0.6) is 0 Å². The predicted octanol–water partition coefficient (Wildman–Crippen LogP) is 0.988. The lowest BCUT2D eigenvalue weighted by Gasteiger charge is -2.27. The van der Waals surface area contributed by atoms with Gasteiger partial charge in [-0.2, -0.15) is 0 Å². The monoisotopic (exact) mass is 353 g/mol. The van der Waals surface area contributed by atoms with E-state index in [1.807, 2.05) is 31.2 Å². The highest BCUT2D eigenvalue weighted by molar-refractivity contribution is 7.87. The average Bonchev–Trinajstić information content (AvgIpc) is 2.57. The Balaban J connectivity index is 1.90. The number of ether oxygens (including phenoxy) is 1. The van der Waals surface area contributed by atoms with E-state index in [1.54, 1.807) is 4.90 Å². The van der Waals surface area contributed by atoms with Crippen LogP contribution in [0.1, 0.15) is 17.5 Å². The van der Waals surface area contributed by atoms with E-state index in [1.165, 1.54) is 0 Å². The maximum absolute atomic E-state index is 12.4. The van der Waals surface area contributed by atoms with Crippen LogP contribution in [-0.2, 0) is 31.5 Å². The quantitative estimate of drug-likeness (QED) is 0.790. The molecule has 2 rings (SSSR count).